The van der Waals surface area contributed by atoms with Crippen LogP contribution in [-0.4, -0.2) is 28.5 Å². The first-order valence-corrected chi connectivity index (χ1v) is 10.4. The van der Waals surface area contributed by atoms with Gasteiger partial charge in [-0.15, -0.1) is 0 Å². The van der Waals surface area contributed by atoms with Gasteiger partial charge in [0.25, 0.3) is 15.9 Å². The molecule has 0 atom stereocenters. The predicted octanol–water partition coefficient (Wildman–Crippen LogP) is 3.45. The number of methoxy groups -OCH3 is 1. The number of carbonyl (C=O) groups excluding carboxylic acids is 1. The van der Waals surface area contributed by atoms with Gasteiger partial charge in [-0.3, -0.25) is 9.10 Å². The molecule has 7 heteroatoms. The molecule has 0 aliphatic carbocycles. The van der Waals surface area contributed by atoms with Crippen molar-refractivity contribution in [3.63, 3.8) is 0 Å². The summed E-state index contributed by atoms with van der Waals surface area (Å²) >= 11 is 0. The predicted molar refractivity (Wildman–Crippen MR) is 113 cm³/mol. The topological polar surface area (TPSA) is 75.7 Å². The third-order valence-electron chi connectivity index (χ3n) is 4.53. The summed E-state index contributed by atoms with van der Waals surface area (Å²) < 4.78 is 31.9. The molecule has 0 saturated carbocycles. The first kappa shape index (κ1) is 20.4. The molecule has 6 nitrogen and oxygen atoms in total. The van der Waals surface area contributed by atoms with Crippen molar-refractivity contribution < 1.29 is 17.9 Å². The van der Waals surface area contributed by atoms with E-state index in [-0.39, 0.29) is 10.8 Å². The number of nitrogens with one attached hydrogen (secondary N) is 1. The van der Waals surface area contributed by atoms with Crippen molar-refractivity contribution in [2.45, 2.75) is 11.4 Å². The highest BCUT2D eigenvalue weighted by Gasteiger charge is 2.21. The van der Waals surface area contributed by atoms with E-state index in [2.05, 4.69) is 5.32 Å². The standard InChI is InChI=1S/C22H22N2O4S/c1-24(29(26,27)20-9-4-3-5-10-20)19-14-12-17(13-15-19)22(25)23-16-18-8-6-7-11-21(18)28-2/h3-15H,16H2,1-2H3,(H,23,25). The molecule has 0 bridgehead atoms. The second kappa shape index (κ2) is 8.79. The van der Waals surface area contributed by atoms with Gasteiger partial charge < -0.3 is 10.1 Å². The molecule has 0 aliphatic heterocycles. The van der Waals surface area contributed by atoms with Crippen LogP contribution in [0.2, 0.25) is 0 Å². The largest absolute Gasteiger partial charge is 0.496 e. The molecule has 1 amide bonds. The van der Waals surface area contributed by atoms with Gasteiger partial charge in [-0.05, 0) is 42.5 Å². The zero-order valence-electron chi connectivity index (χ0n) is 16.2. The summed E-state index contributed by atoms with van der Waals surface area (Å²) in [5.41, 5.74) is 1.78. The average Bonchev–Trinajstić information content (AvgIpc) is 2.77. The fraction of sp³-hybridized carbons (Fsp3) is 0.136. The van der Waals surface area contributed by atoms with Crippen molar-refractivity contribution in [1.29, 1.82) is 0 Å². The Morgan fingerprint density at radius 2 is 1.55 bits per heavy atom. The summed E-state index contributed by atoms with van der Waals surface area (Å²) in [6.45, 7) is 0.326. The van der Waals surface area contributed by atoms with Gasteiger partial charge in [0.2, 0.25) is 0 Å². The number of anilines is 1. The summed E-state index contributed by atoms with van der Waals surface area (Å²) in [7, 11) is -0.592. The van der Waals surface area contributed by atoms with E-state index in [1.54, 1.807) is 61.7 Å². The number of para-hydroxylation sites is 1. The number of nitrogens with zero attached hydrogens (tertiary/aromatic N) is 1. The maximum Gasteiger partial charge on any atom is 0.264 e. The molecule has 0 heterocycles. The Balaban J connectivity index is 1.70. The summed E-state index contributed by atoms with van der Waals surface area (Å²) in [5.74, 6) is 0.451. The Morgan fingerprint density at radius 3 is 2.21 bits per heavy atom. The molecule has 3 aromatic rings. The number of rotatable bonds is 7. The molecular weight excluding hydrogens is 388 g/mol. The van der Waals surface area contributed by atoms with Crippen molar-refractivity contribution in [2.24, 2.45) is 0 Å². The Labute approximate surface area is 170 Å². The summed E-state index contributed by atoms with van der Waals surface area (Å²) in [5, 5.41) is 2.84. The fourth-order valence-electron chi connectivity index (χ4n) is 2.84. The van der Waals surface area contributed by atoms with Crippen LogP contribution in [0.5, 0.6) is 5.75 Å². The quantitative estimate of drug-likeness (QED) is 0.647. The lowest BCUT2D eigenvalue weighted by Gasteiger charge is -2.19. The van der Waals surface area contributed by atoms with E-state index >= 15 is 0 Å². The first-order valence-electron chi connectivity index (χ1n) is 8.97. The van der Waals surface area contributed by atoms with Crippen molar-refractivity contribution in [2.75, 3.05) is 18.5 Å². The third kappa shape index (κ3) is 4.57. The SMILES string of the molecule is COc1ccccc1CNC(=O)c1ccc(N(C)S(=O)(=O)c2ccccc2)cc1. The number of amides is 1. The molecule has 0 saturated heterocycles. The van der Waals surface area contributed by atoms with Crippen LogP contribution in [0, 0.1) is 0 Å². The van der Waals surface area contributed by atoms with Crippen LogP contribution in [0.1, 0.15) is 15.9 Å². The van der Waals surface area contributed by atoms with Crippen LogP contribution < -0.4 is 14.4 Å². The zero-order valence-corrected chi connectivity index (χ0v) is 17.0. The molecule has 3 aromatic carbocycles. The van der Waals surface area contributed by atoms with Crippen molar-refractivity contribution >= 4 is 21.6 Å². The van der Waals surface area contributed by atoms with E-state index in [1.807, 2.05) is 24.3 Å². The van der Waals surface area contributed by atoms with Crippen LogP contribution in [0.4, 0.5) is 5.69 Å². The Hall–Kier alpha value is -3.32. The van der Waals surface area contributed by atoms with Gasteiger partial charge in [-0.1, -0.05) is 36.4 Å². The molecule has 1 N–H and O–H groups in total. The number of sulfonamides is 1. The number of hydrogen-bond donors (Lipinski definition) is 1. The number of benzene rings is 3. The molecule has 150 valence electrons. The smallest absolute Gasteiger partial charge is 0.264 e. The molecule has 0 aromatic heterocycles. The van der Waals surface area contributed by atoms with Gasteiger partial charge in [0, 0.05) is 24.7 Å². The number of ether oxygens (including phenoxy) is 1. The van der Waals surface area contributed by atoms with E-state index in [9.17, 15) is 13.2 Å². The third-order valence-corrected chi connectivity index (χ3v) is 6.33. The summed E-state index contributed by atoms with van der Waals surface area (Å²) in [6.07, 6.45) is 0. The minimum atomic E-state index is -3.66. The molecule has 0 aliphatic rings. The number of carbonyl (C=O) groups is 1. The minimum Gasteiger partial charge on any atom is -0.496 e. The van der Waals surface area contributed by atoms with Crippen LogP contribution in [0.15, 0.2) is 83.8 Å². The van der Waals surface area contributed by atoms with E-state index in [4.69, 9.17) is 4.74 Å². The highest BCUT2D eigenvalue weighted by Crippen LogP contribution is 2.22. The van der Waals surface area contributed by atoms with E-state index in [0.717, 1.165) is 5.56 Å². The molecule has 0 radical (unpaired) electrons. The van der Waals surface area contributed by atoms with Gasteiger partial charge in [-0.25, -0.2) is 8.42 Å². The Morgan fingerprint density at radius 1 is 0.931 bits per heavy atom. The van der Waals surface area contributed by atoms with Crippen LogP contribution in [0.3, 0.4) is 0 Å². The first-order chi connectivity index (χ1) is 13.9. The summed E-state index contributed by atoms with van der Waals surface area (Å²) in [4.78, 5) is 12.6. The Bertz CT molecular complexity index is 1080. The highest BCUT2D eigenvalue weighted by molar-refractivity contribution is 7.92. The monoisotopic (exact) mass is 410 g/mol. The van der Waals surface area contributed by atoms with E-state index in [1.165, 1.54) is 11.4 Å². The maximum absolute atomic E-state index is 12.7. The van der Waals surface area contributed by atoms with Gasteiger partial charge in [0.15, 0.2) is 0 Å². The lowest BCUT2D eigenvalue weighted by atomic mass is 10.1. The maximum atomic E-state index is 12.7. The normalized spacial score (nSPS) is 11.0. The van der Waals surface area contributed by atoms with Crippen LogP contribution in [-0.2, 0) is 16.6 Å². The number of hydrogen-bond acceptors (Lipinski definition) is 4. The van der Waals surface area contributed by atoms with Crippen molar-refractivity contribution in [1.82, 2.24) is 5.32 Å². The zero-order chi connectivity index (χ0) is 20.9. The van der Waals surface area contributed by atoms with Gasteiger partial charge in [-0.2, -0.15) is 0 Å². The molecule has 0 unspecified atom stereocenters. The van der Waals surface area contributed by atoms with Crippen molar-refractivity contribution in [3.05, 3.63) is 90.0 Å². The van der Waals surface area contributed by atoms with E-state index < -0.39 is 10.0 Å². The highest BCUT2D eigenvalue weighted by atomic mass is 32.2. The summed E-state index contributed by atoms with van der Waals surface area (Å²) in [6, 6.07) is 22.1. The van der Waals surface area contributed by atoms with Gasteiger partial charge in [0.1, 0.15) is 5.75 Å². The minimum absolute atomic E-state index is 0.209. The molecule has 3 rings (SSSR count). The second-order valence-corrected chi connectivity index (χ2v) is 8.30. The fourth-order valence-corrected chi connectivity index (χ4v) is 4.06. The van der Waals surface area contributed by atoms with Crippen molar-refractivity contribution in [3.8, 4) is 5.75 Å². The Kier molecular flexibility index (Phi) is 6.19. The van der Waals surface area contributed by atoms with Gasteiger partial charge >= 0.3 is 0 Å². The second-order valence-electron chi connectivity index (χ2n) is 6.33. The molecule has 0 fully saturated rings. The molecular formula is C22H22N2O4S. The molecule has 0 spiro atoms. The lowest BCUT2D eigenvalue weighted by Crippen LogP contribution is -2.27. The average molecular weight is 410 g/mol. The van der Waals surface area contributed by atoms with Gasteiger partial charge in [0.05, 0.1) is 17.7 Å². The lowest BCUT2D eigenvalue weighted by molar-refractivity contribution is 0.0950. The van der Waals surface area contributed by atoms with Crippen LogP contribution in [0.25, 0.3) is 0 Å². The molecule has 29 heavy (non-hydrogen) atoms. The van der Waals surface area contributed by atoms with Crippen LogP contribution >= 0.6 is 0 Å². The van der Waals surface area contributed by atoms with E-state index in [0.29, 0.717) is 23.5 Å².